The zero-order chi connectivity index (χ0) is 12.1. The minimum atomic E-state index is -0.823. The Bertz CT molecular complexity index is 353. The second-order valence-electron chi connectivity index (χ2n) is 3.43. The van der Waals surface area contributed by atoms with Gasteiger partial charge in [0.05, 0.1) is 13.2 Å². The summed E-state index contributed by atoms with van der Waals surface area (Å²) < 4.78 is 4.47. The van der Waals surface area contributed by atoms with Crippen molar-refractivity contribution in [1.29, 1.82) is 0 Å². The summed E-state index contributed by atoms with van der Waals surface area (Å²) in [5.74, 6) is -0.534. The minimum Gasteiger partial charge on any atom is -0.468 e. The molecule has 0 aliphatic rings. The van der Waals surface area contributed by atoms with E-state index in [2.05, 4.69) is 4.74 Å². The fraction of sp³-hybridized carbons (Fsp3) is 0.364. The largest absolute Gasteiger partial charge is 0.468 e. The van der Waals surface area contributed by atoms with Crippen LogP contribution in [0.5, 0.6) is 0 Å². The first kappa shape index (κ1) is 13.0. The third-order valence-electron chi connectivity index (χ3n) is 2.24. The van der Waals surface area contributed by atoms with E-state index in [1.165, 1.54) is 7.11 Å². The van der Waals surface area contributed by atoms with Crippen molar-refractivity contribution in [2.75, 3.05) is 7.11 Å². The maximum Gasteiger partial charge on any atom is 0.322 e. The minimum absolute atomic E-state index is 0.119. The van der Waals surface area contributed by atoms with Gasteiger partial charge >= 0.3 is 5.97 Å². The molecular weight excluding hydrogens is 230 g/mol. The molecule has 1 aromatic carbocycles. The van der Waals surface area contributed by atoms with Crippen molar-refractivity contribution < 1.29 is 14.6 Å². The summed E-state index contributed by atoms with van der Waals surface area (Å²) in [7, 11) is 1.26. The van der Waals surface area contributed by atoms with Crippen molar-refractivity contribution in [3.05, 3.63) is 34.9 Å². The van der Waals surface area contributed by atoms with Gasteiger partial charge in [-0.15, -0.1) is 0 Å². The third-order valence-corrected chi connectivity index (χ3v) is 2.49. The number of benzene rings is 1. The first-order valence-electron chi connectivity index (χ1n) is 4.81. The first-order chi connectivity index (χ1) is 7.54. The van der Waals surface area contributed by atoms with E-state index in [-0.39, 0.29) is 6.42 Å². The van der Waals surface area contributed by atoms with E-state index in [0.717, 1.165) is 0 Å². The van der Waals surface area contributed by atoms with Gasteiger partial charge in [-0.1, -0.05) is 23.7 Å². The number of aliphatic hydroxyl groups excluding tert-OH is 1. The molecule has 88 valence electrons. The van der Waals surface area contributed by atoms with Crippen molar-refractivity contribution in [2.45, 2.75) is 18.6 Å². The Morgan fingerprint density at radius 1 is 1.50 bits per heavy atom. The van der Waals surface area contributed by atoms with Gasteiger partial charge in [0.2, 0.25) is 0 Å². The number of carbonyl (C=O) groups excluding carboxylic acids is 1. The van der Waals surface area contributed by atoms with E-state index < -0.39 is 18.1 Å². The van der Waals surface area contributed by atoms with Crippen molar-refractivity contribution in [2.24, 2.45) is 5.73 Å². The molecule has 0 amide bonds. The van der Waals surface area contributed by atoms with Crippen molar-refractivity contribution in [1.82, 2.24) is 0 Å². The summed E-state index contributed by atoms with van der Waals surface area (Å²) in [4.78, 5) is 11.1. The van der Waals surface area contributed by atoms with Crippen LogP contribution in [0.3, 0.4) is 0 Å². The van der Waals surface area contributed by atoms with E-state index in [9.17, 15) is 9.90 Å². The molecule has 1 rings (SSSR count). The van der Waals surface area contributed by atoms with Crippen molar-refractivity contribution in [3.8, 4) is 0 Å². The smallest absolute Gasteiger partial charge is 0.322 e. The number of aliphatic hydroxyl groups is 1. The highest BCUT2D eigenvalue weighted by molar-refractivity contribution is 6.30. The molecule has 16 heavy (non-hydrogen) atoms. The van der Waals surface area contributed by atoms with Crippen LogP contribution in [0.4, 0.5) is 0 Å². The number of rotatable bonds is 4. The zero-order valence-electron chi connectivity index (χ0n) is 8.89. The van der Waals surface area contributed by atoms with Gasteiger partial charge in [-0.3, -0.25) is 4.79 Å². The highest BCUT2D eigenvalue weighted by atomic mass is 35.5. The first-order valence-corrected chi connectivity index (χ1v) is 5.19. The quantitative estimate of drug-likeness (QED) is 0.781. The summed E-state index contributed by atoms with van der Waals surface area (Å²) >= 11 is 5.71. The summed E-state index contributed by atoms with van der Waals surface area (Å²) in [6, 6.07) is 5.90. The highest BCUT2D eigenvalue weighted by Gasteiger charge is 2.19. The Hall–Kier alpha value is -1.10. The second-order valence-corrected chi connectivity index (χ2v) is 3.87. The molecule has 0 radical (unpaired) electrons. The van der Waals surface area contributed by atoms with E-state index in [4.69, 9.17) is 17.3 Å². The van der Waals surface area contributed by atoms with Crippen LogP contribution in [-0.2, 0) is 9.53 Å². The fourth-order valence-electron chi connectivity index (χ4n) is 1.31. The Morgan fingerprint density at radius 2 is 2.06 bits per heavy atom. The number of halogens is 1. The van der Waals surface area contributed by atoms with Gasteiger partial charge in [0.15, 0.2) is 0 Å². The molecule has 1 aromatic rings. The molecule has 0 aliphatic carbocycles. The van der Waals surface area contributed by atoms with Gasteiger partial charge in [0.25, 0.3) is 0 Å². The van der Waals surface area contributed by atoms with Crippen molar-refractivity contribution in [3.63, 3.8) is 0 Å². The molecule has 0 aliphatic heterocycles. The van der Waals surface area contributed by atoms with Gasteiger partial charge in [0.1, 0.15) is 6.04 Å². The molecule has 5 heteroatoms. The van der Waals surface area contributed by atoms with E-state index >= 15 is 0 Å². The van der Waals surface area contributed by atoms with Gasteiger partial charge in [-0.25, -0.2) is 0 Å². The standard InChI is InChI=1S/C11H14ClNO3/c1-16-11(15)9(13)6-10(14)7-2-4-8(12)5-3-7/h2-5,9-10,14H,6,13H2,1H3. The predicted octanol–water partition coefficient (Wildman–Crippen LogP) is 1.26. The van der Waals surface area contributed by atoms with Crippen LogP contribution in [0.25, 0.3) is 0 Å². The Labute approximate surface area is 99.0 Å². The number of esters is 1. The topological polar surface area (TPSA) is 72.5 Å². The van der Waals surface area contributed by atoms with Gasteiger partial charge in [-0.05, 0) is 17.7 Å². The monoisotopic (exact) mass is 243 g/mol. The normalized spacial score (nSPS) is 14.2. The summed E-state index contributed by atoms with van der Waals surface area (Å²) in [5.41, 5.74) is 6.21. The van der Waals surface area contributed by atoms with Crippen LogP contribution in [0.2, 0.25) is 5.02 Å². The number of carbonyl (C=O) groups is 1. The predicted molar refractivity (Wildman–Crippen MR) is 61.0 cm³/mol. The molecule has 2 atom stereocenters. The van der Waals surface area contributed by atoms with E-state index in [1.54, 1.807) is 24.3 Å². The highest BCUT2D eigenvalue weighted by Crippen LogP contribution is 2.20. The summed E-state index contributed by atoms with van der Waals surface area (Å²) in [5, 5.41) is 10.4. The molecule has 3 N–H and O–H groups in total. The number of methoxy groups -OCH3 is 1. The molecule has 0 saturated heterocycles. The maximum atomic E-state index is 11.1. The van der Waals surface area contributed by atoms with Crippen LogP contribution < -0.4 is 5.73 Å². The molecular formula is C11H14ClNO3. The fourth-order valence-corrected chi connectivity index (χ4v) is 1.44. The molecule has 2 unspecified atom stereocenters. The molecule has 0 bridgehead atoms. The average molecular weight is 244 g/mol. The van der Waals surface area contributed by atoms with Crippen LogP contribution in [-0.4, -0.2) is 24.2 Å². The molecule has 0 heterocycles. The lowest BCUT2D eigenvalue weighted by Gasteiger charge is -2.14. The number of hydrogen-bond donors (Lipinski definition) is 2. The summed E-state index contributed by atoms with van der Waals surface area (Å²) in [6.07, 6.45) is -0.680. The maximum absolute atomic E-state index is 11.1. The molecule has 0 aromatic heterocycles. The Kier molecular flexibility index (Phi) is 4.73. The lowest BCUT2D eigenvalue weighted by atomic mass is 10.0. The van der Waals surface area contributed by atoms with Crippen LogP contribution >= 0.6 is 11.6 Å². The molecule has 0 spiro atoms. The molecule has 0 saturated carbocycles. The van der Waals surface area contributed by atoms with E-state index in [0.29, 0.717) is 10.6 Å². The number of nitrogens with two attached hydrogens (primary N) is 1. The summed E-state index contributed by atoms with van der Waals surface area (Å²) in [6.45, 7) is 0. The third kappa shape index (κ3) is 3.48. The Balaban J connectivity index is 2.61. The SMILES string of the molecule is COC(=O)C(N)CC(O)c1ccc(Cl)cc1. The van der Waals surface area contributed by atoms with Gasteiger partial charge < -0.3 is 15.6 Å². The Morgan fingerprint density at radius 3 is 2.56 bits per heavy atom. The lowest BCUT2D eigenvalue weighted by Crippen LogP contribution is -2.33. The van der Waals surface area contributed by atoms with Gasteiger partial charge in [0, 0.05) is 11.4 Å². The molecule has 0 fully saturated rings. The van der Waals surface area contributed by atoms with Crippen LogP contribution in [0, 0.1) is 0 Å². The zero-order valence-corrected chi connectivity index (χ0v) is 9.65. The van der Waals surface area contributed by atoms with Crippen molar-refractivity contribution >= 4 is 17.6 Å². The average Bonchev–Trinajstić information content (AvgIpc) is 2.28. The number of ether oxygens (including phenoxy) is 1. The molecule has 4 nitrogen and oxygen atoms in total. The second kappa shape index (κ2) is 5.84. The number of hydrogen-bond acceptors (Lipinski definition) is 4. The lowest BCUT2D eigenvalue weighted by molar-refractivity contribution is -0.142. The van der Waals surface area contributed by atoms with Crippen LogP contribution in [0.15, 0.2) is 24.3 Å². The van der Waals surface area contributed by atoms with Crippen LogP contribution in [0.1, 0.15) is 18.1 Å². The van der Waals surface area contributed by atoms with E-state index in [1.807, 2.05) is 0 Å². The van der Waals surface area contributed by atoms with Gasteiger partial charge in [-0.2, -0.15) is 0 Å².